The number of carbonyl (C=O) groups is 2. The van der Waals surface area contributed by atoms with Crippen LogP contribution in [0.3, 0.4) is 0 Å². The summed E-state index contributed by atoms with van der Waals surface area (Å²) in [6, 6.07) is 7.18. The smallest absolute Gasteiger partial charge is 0.414 e. The molecule has 1 aromatic rings. The molecule has 0 spiro atoms. The van der Waals surface area contributed by atoms with Gasteiger partial charge in [-0.25, -0.2) is 9.59 Å². The van der Waals surface area contributed by atoms with Crippen LogP contribution in [0.1, 0.15) is 24.8 Å². The van der Waals surface area contributed by atoms with Gasteiger partial charge in [0.15, 0.2) is 6.10 Å². The number of aliphatic imine (C=N–C) groups is 1. The molecule has 3 N–H and O–H groups in total. The van der Waals surface area contributed by atoms with Crippen LogP contribution in [0.25, 0.3) is 0 Å². The zero-order chi connectivity index (χ0) is 18.7. The van der Waals surface area contributed by atoms with Crippen molar-refractivity contribution in [3.05, 3.63) is 23.8 Å². The van der Waals surface area contributed by atoms with Gasteiger partial charge in [0.1, 0.15) is 11.6 Å². The SMILES string of the molecule is Cc1ccc2c(c1)N(C1CCC1)CC(C1=NCCN1)O2.O=C(O)C(=O)O. The van der Waals surface area contributed by atoms with Gasteiger partial charge < -0.3 is 25.2 Å². The van der Waals surface area contributed by atoms with Crippen molar-refractivity contribution >= 4 is 23.5 Å². The van der Waals surface area contributed by atoms with Gasteiger partial charge in [-0.05, 0) is 43.9 Å². The van der Waals surface area contributed by atoms with Crippen LogP contribution in [-0.2, 0) is 9.59 Å². The Morgan fingerprint density at radius 3 is 2.54 bits per heavy atom. The number of fused-ring (bicyclic) bond motifs is 1. The largest absolute Gasteiger partial charge is 0.478 e. The molecule has 1 atom stereocenters. The average Bonchev–Trinajstić information content (AvgIpc) is 3.08. The molecule has 0 aromatic heterocycles. The molecule has 0 saturated heterocycles. The molecular weight excluding hydrogens is 338 g/mol. The first kappa shape index (κ1) is 18.0. The quantitative estimate of drug-likeness (QED) is 0.680. The zero-order valence-electron chi connectivity index (χ0n) is 14.6. The van der Waals surface area contributed by atoms with E-state index in [4.69, 9.17) is 24.5 Å². The van der Waals surface area contributed by atoms with E-state index in [9.17, 15) is 0 Å². The van der Waals surface area contributed by atoms with Gasteiger partial charge >= 0.3 is 11.9 Å². The van der Waals surface area contributed by atoms with E-state index in [0.717, 1.165) is 31.2 Å². The number of nitrogens with one attached hydrogen (secondary N) is 1. The third-order valence-electron chi connectivity index (χ3n) is 4.76. The van der Waals surface area contributed by atoms with Crippen molar-refractivity contribution in [2.24, 2.45) is 4.99 Å². The molecule has 0 radical (unpaired) electrons. The first-order valence-electron chi connectivity index (χ1n) is 8.74. The number of aryl methyl sites for hydroxylation is 1. The average molecular weight is 361 g/mol. The van der Waals surface area contributed by atoms with E-state index < -0.39 is 11.9 Å². The maximum atomic E-state index is 9.10. The lowest BCUT2D eigenvalue weighted by molar-refractivity contribution is -0.159. The number of nitrogens with zero attached hydrogens (tertiary/aromatic N) is 2. The number of carboxylic acids is 2. The second-order valence-corrected chi connectivity index (χ2v) is 6.62. The number of aliphatic carboxylic acids is 2. The summed E-state index contributed by atoms with van der Waals surface area (Å²) < 4.78 is 6.18. The van der Waals surface area contributed by atoms with Crippen molar-refractivity contribution in [2.45, 2.75) is 38.3 Å². The molecule has 2 aliphatic heterocycles. The number of amidine groups is 1. The number of anilines is 1. The molecule has 4 rings (SSSR count). The van der Waals surface area contributed by atoms with Gasteiger partial charge in [0, 0.05) is 12.6 Å². The lowest BCUT2D eigenvalue weighted by Gasteiger charge is -2.44. The normalized spacial score (nSPS) is 21.2. The molecule has 26 heavy (non-hydrogen) atoms. The molecule has 1 unspecified atom stereocenters. The topological polar surface area (TPSA) is 111 Å². The number of hydrogen-bond donors (Lipinski definition) is 3. The lowest BCUT2D eigenvalue weighted by Crippen LogP contribution is -2.52. The zero-order valence-corrected chi connectivity index (χ0v) is 14.6. The highest BCUT2D eigenvalue weighted by molar-refractivity contribution is 6.27. The summed E-state index contributed by atoms with van der Waals surface area (Å²) in [5.74, 6) is -1.61. The molecule has 0 bridgehead atoms. The van der Waals surface area contributed by atoms with E-state index in [1.165, 1.54) is 30.5 Å². The van der Waals surface area contributed by atoms with E-state index in [2.05, 4.69) is 40.3 Å². The molecule has 2 heterocycles. The van der Waals surface area contributed by atoms with Crippen LogP contribution in [0.15, 0.2) is 23.2 Å². The van der Waals surface area contributed by atoms with Gasteiger partial charge in [-0.1, -0.05) is 6.07 Å². The van der Waals surface area contributed by atoms with Crippen molar-refractivity contribution in [1.82, 2.24) is 5.32 Å². The fourth-order valence-corrected chi connectivity index (χ4v) is 3.24. The second-order valence-electron chi connectivity index (χ2n) is 6.62. The van der Waals surface area contributed by atoms with Crippen LogP contribution in [0.4, 0.5) is 5.69 Å². The van der Waals surface area contributed by atoms with Gasteiger partial charge in [-0.3, -0.25) is 4.99 Å². The van der Waals surface area contributed by atoms with Crippen molar-refractivity contribution < 1.29 is 24.5 Å². The number of rotatable bonds is 2. The minimum absolute atomic E-state index is 0.0632. The van der Waals surface area contributed by atoms with E-state index in [0.29, 0.717) is 6.04 Å². The Morgan fingerprint density at radius 2 is 2.00 bits per heavy atom. The maximum absolute atomic E-state index is 9.10. The Labute approximate surface area is 151 Å². The van der Waals surface area contributed by atoms with Crippen LogP contribution in [-0.4, -0.2) is 59.8 Å². The highest BCUT2D eigenvalue weighted by Crippen LogP contribution is 2.39. The highest BCUT2D eigenvalue weighted by atomic mass is 16.5. The molecule has 0 amide bonds. The van der Waals surface area contributed by atoms with Crippen LogP contribution in [0.2, 0.25) is 0 Å². The third-order valence-corrected chi connectivity index (χ3v) is 4.76. The van der Waals surface area contributed by atoms with E-state index in [1.54, 1.807) is 0 Å². The summed E-state index contributed by atoms with van der Waals surface area (Å²) in [5, 5.41) is 18.1. The Bertz CT molecular complexity index is 718. The van der Waals surface area contributed by atoms with Crippen LogP contribution >= 0.6 is 0 Å². The maximum Gasteiger partial charge on any atom is 0.414 e. The molecule has 3 aliphatic rings. The summed E-state index contributed by atoms with van der Waals surface area (Å²) in [6.07, 6.45) is 4.03. The minimum atomic E-state index is -1.82. The molecule has 1 aromatic carbocycles. The Balaban J connectivity index is 0.000000286. The van der Waals surface area contributed by atoms with Crippen LogP contribution in [0.5, 0.6) is 5.75 Å². The molecule has 8 nitrogen and oxygen atoms in total. The lowest BCUT2D eigenvalue weighted by atomic mass is 9.90. The predicted octanol–water partition coefficient (Wildman–Crippen LogP) is 1.27. The molecule has 1 aliphatic carbocycles. The number of ether oxygens (including phenoxy) is 1. The Hall–Kier alpha value is -2.77. The van der Waals surface area contributed by atoms with Gasteiger partial charge in [-0.2, -0.15) is 0 Å². The highest BCUT2D eigenvalue weighted by Gasteiger charge is 2.35. The Morgan fingerprint density at radius 1 is 1.27 bits per heavy atom. The molecular formula is C18H23N3O5. The van der Waals surface area contributed by atoms with Gasteiger partial charge in [0.2, 0.25) is 0 Å². The first-order chi connectivity index (χ1) is 12.5. The second kappa shape index (κ2) is 7.63. The standard InChI is InChI=1S/C16H21N3O.C2H2O4/c1-11-5-6-14-13(9-11)19(12-3-2-4-12)10-15(20-14)16-17-7-8-18-16;3-1(4)2(5)6/h5-6,9,12,15H,2-4,7-8,10H2,1H3,(H,17,18);(H,3,4)(H,5,6). The van der Waals surface area contributed by atoms with Crippen LogP contribution in [0, 0.1) is 6.92 Å². The predicted molar refractivity (Wildman–Crippen MR) is 96.2 cm³/mol. The van der Waals surface area contributed by atoms with Gasteiger partial charge in [0.25, 0.3) is 0 Å². The number of benzene rings is 1. The molecule has 1 fully saturated rings. The fourth-order valence-electron chi connectivity index (χ4n) is 3.24. The Kier molecular flexibility index (Phi) is 5.29. The first-order valence-corrected chi connectivity index (χ1v) is 8.74. The van der Waals surface area contributed by atoms with Crippen LogP contribution < -0.4 is 15.0 Å². The molecule has 1 saturated carbocycles. The summed E-state index contributed by atoms with van der Waals surface area (Å²) in [5.41, 5.74) is 2.57. The van der Waals surface area contributed by atoms with Crippen molar-refractivity contribution in [1.29, 1.82) is 0 Å². The third kappa shape index (κ3) is 3.89. The summed E-state index contributed by atoms with van der Waals surface area (Å²) in [7, 11) is 0. The minimum Gasteiger partial charge on any atom is -0.478 e. The number of carboxylic acid groups (broad SMARTS) is 2. The monoisotopic (exact) mass is 361 g/mol. The summed E-state index contributed by atoms with van der Waals surface area (Å²) in [6.45, 7) is 4.89. The van der Waals surface area contributed by atoms with Crippen molar-refractivity contribution in [3.8, 4) is 5.75 Å². The summed E-state index contributed by atoms with van der Waals surface area (Å²) >= 11 is 0. The molecule has 140 valence electrons. The van der Waals surface area contributed by atoms with E-state index in [1.807, 2.05) is 0 Å². The summed E-state index contributed by atoms with van der Waals surface area (Å²) in [4.78, 5) is 25.3. The van der Waals surface area contributed by atoms with Crippen molar-refractivity contribution in [3.63, 3.8) is 0 Å². The fraction of sp³-hybridized carbons (Fsp3) is 0.500. The van der Waals surface area contributed by atoms with Gasteiger partial charge in [0.05, 0.1) is 18.8 Å². The van der Waals surface area contributed by atoms with Gasteiger partial charge in [-0.15, -0.1) is 0 Å². The number of hydrogen-bond acceptors (Lipinski definition) is 6. The van der Waals surface area contributed by atoms with E-state index in [-0.39, 0.29) is 6.10 Å². The molecule has 8 heteroatoms. The van der Waals surface area contributed by atoms with E-state index >= 15 is 0 Å². The van der Waals surface area contributed by atoms with Crippen molar-refractivity contribution in [2.75, 3.05) is 24.5 Å².